The molecule has 0 rings (SSSR count). The van der Waals surface area contributed by atoms with Crippen LogP contribution in [-0.2, 0) is 14.4 Å². The number of isocyanates is 1. The molecular formula is C11H13NO4. The van der Waals surface area contributed by atoms with Crippen LogP contribution in [0.4, 0.5) is 0 Å². The van der Waals surface area contributed by atoms with Gasteiger partial charge in [-0.15, -0.1) is 0 Å². The average Bonchev–Trinajstić information content (AvgIpc) is 2.32. The van der Waals surface area contributed by atoms with E-state index in [1.54, 1.807) is 0 Å². The van der Waals surface area contributed by atoms with Gasteiger partial charge in [0.15, 0.2) is 17.2 Å². The van der Waals surface area contributed by atoms with E-state index in [1.165, 1.54) is 13.0 Å². The van der Waals surface area contributed by atoms with Crippen molar-refractivity contribution in [3.05, 3.63) is 25.3 Å². The van der Waals surface area contributed by atoms with Gasteiger partial charge in [0.05, 0.1) is 6.54 Å². The fraction of sp³-hybridized carbons (Fsp3) is 0.364. The molecule has 1 N–H and O–H groups in total. The van der Waals surface area contributed by atoms with Gasteiger partial charge < -0.3 is 5.11 Å². The van der Waals surface area contributed by atoms with Crippen LogP contribution in [0.1, 0.15) is 6.92 Å². The number of rotatable bonds is 7. The third-order valence-corrected chi connectivity index (χ3v) is 2.26. The standard InChI is InChI=1S/C11H13NO4/c1-4-9(14)11(16,10(15)5-2)8(3)6-12-7-13/h4-5,8,16H,1-2,6H2,3H3. The highest BCUT2D eigenvalue weighted by atomic mass is 16.3. The molecule has 0 aliphatic rings. The molecule has 86 valence electrons. The summed E-state index contributed by atoms with van der Waals surface area (Å²) in [5, 5.41) is 10.0. The van der Waals surface area contributed by atoms with E-state index in [2.05, 4.69) is 18.2 Å². The summed E-state index contributed by atoms with van der Waals surface area (Å²) in [4.78, 5) is 36.1. The maximum Gasteiger partial charge on any atom is 0.234 e. The zero-order valence-corrected chi connectivity index (χ0v) is 8.97. The van der Waals surface area contributed by atoms with Gasteiger partial charge in [0, 0.05) is 5.92 Å². The SMILES string of the molecule is C=CC(=O)C(O)(C(=O)C=C)C(C)CN=C=O. The van der Waals surface area contributed by atoms with Gasteiger partial charge in [0.25, 0.3) is 0 Å². The maximum atomic E-state index is 11.5. The largest absolute Gasteiger partial charge is 0.374 e. The lowest BCUT2D eigenvalue weighted by Gasteiger charge is -2.27. The van der Waals surface area contributed by atoms with Gasteiger partial charge in [-0.25, -0.2) is 9.79 Å². The molecule has 1 unspecified atom stereocenters. The van der Waals surface area contributed by atoms with Crippen LogP contribution in [0.15, 0.2) is 30.3 Å². The molecule has 0 bridgehead atoms. The van der Waals surface area contributed by atoms with Crippen molar-refractivity contribution in [3.63, 3.8) is 0 Å². The van der Waals surface area contributed by atoms with Crippen molar-refractivity contribution >= 4 is 17.6 Å². The molecule has 5 nitrogen and oxygen atoms in total. The highest BCUT2D eigenvalue weighted by molar-refractivity contribution is 6.18. The quantitative estimate of drug-likeness (QED) is 0.289. The first-order chi connectivity index (χ1) is 7.44. The normalized spacial score (nSPS) is 12.1. The summed E-state index contributed by atoms with van der Waals surface area (Å²) >= 11 is 0. The number of nitrogens with zero attached hydrogens (tertiary/aromatic N) is 1. The Kier molecular flexibility index (Phi) is 5.22. The van der Waals surface area contributed by atoms with Crippen LogP contribution in [0.3, 0.4) is 0 Å². The van der Waals surface area contributed by atoms with Crippen molar-refractivity contribution in [3.8, 4) is 0 Å². The summed E-state index contributed by atoms with van der Waals surface area (Å²) in [6.45, 7) is 7.64. The minimum atomic E-state index is -2.26. The van der Waals surface area contributed by atoms with Crippen molar-refractivity contribution in [1.29, 1.82) is 0 Å². The van der Waals surface area contributed by atoms with Gasteiger partial charge in [0.2, 0.25) is 6.08 Å². The number of carbonyl (C=O) groups excluding carboxylic acids is 3. The summed E-state index contributed by atoms with van der Waals surface area (Å²) < 4.78 is 0. The Labute approximate surface area is 93.2 Å². The molecule has 0 fully saturated rings. The molecule has 0 aromatic heterocycles. The first kappa shape index (κ1) is 14.2. The van der Waals surface area contributed by atoms with Crippen LogP contribution in [0.25, 0.3) is 0 Å². The second kappa shape index (κ2) is 5.90. The Morgan fingerprint density at radius 2 is 1.88 bits per heavy atom. The van der Waals surface area contributed by atoms with Crippen molar-refractivity contribution in [2.75, 3.05) is 6.54 Å². The van der Waals surface area contributed by atoms with E-state index in [0.29, 0.717) is 0 Å². The van der Waals surface area contributed by atoms with Crippen molar-refractivity contribution in [1.82, 2.24) is 0 Å². The number of hydrogen-bond donors (Lipinski definition) is 1. The predicted molar refractivity (Wildman–Crippen MR) is 57.5 cm³/mol. The summed E-state index contributed by atoms with van der Waals surface area (Å²) in [5.74, 6) is -2.54. The highest BCUT2D eigenvalue weighted by Gasteiger charge is 2.45. The predicted octanol–water partition coefficient (Wildman–Crippen LogP) is 0.200. The number of aliphatic imine (C=N–C) groups is 1. The first-order valence-electron chi connectivity index (χ1n) is 4.54. The zero-order valence-electron chi connectivity index (χ0n) is 8.97. The molecule has 5 heteroatoms. The minimum Gasteiger partial charge on any atom is -0.374 e. The molecule has 0 heterocycles. The first-order valence-corrected chi connectivity index (χ1v) is 4.54. The van der Waals surface area contributed by atoms with Crippen LogP contribution in [-0.4, -0.2) is 34.9 Å². The summed E-state index contributed by atoms with van der Waals surface area (Å²) in [6.07, 6.45) is 2.97. The molecule has 0 aliphatic carbocycles. The Balaban J connectivity index is 5.29. The third-order valence-electron chi connectivity index (χ3n) is 2.26. The van der Waals surface area contributed by atoms with E-state index in [9.17, 15) is 19.5 Å². The number of aliphatic hydroxyl groups is 1. The van der Waals surface area contributed by atoms with Gasteiger partial charge in [0.1, 0.15) is 0 Å². The van der Waals surface area contributed by atoms with Gasteiger partial charge in [-0.05, 0) is 12.2 Å². The fourth-order valence-corrected chi connectivity index (χ4v) is 1.22. The second-order valence-corrected chi connectivity index (χ2v) is 3.24. The fourth-order valence-electron chi connectivity index (χ4n) is 1.22. The van der Waals surface area contributed by atoms with Gasteiger partial charge in [-0.3, -0.25) is 9.59 Å². The Bertz CT molecular complexity index is 346. The molecule has 0 aliphatic heterocycles. The number of ketones is 2. The maximum absolute atomic E-state index is 11.5. The highest BCUT2D eigenvalue weighted by Crippen LogP contribution is 2.21. The monoisotopic (exact) mass is 223 g/mol. The van der Waals surface area contributed by atoms with E-state index in [1.807, 2.05) is 0 Å². The molecule has 0 saturated heterocycles. The molecule has 0 saturated carbocycles. The Hall–Kier alpha value is -1.84. The topological polar surface area (TPSA) is 83.8 Å². The molecule has 1 atom stereocenters. The molecule has 0 aromatic carbocycles. The molecule has 0 radical (unpaired) electrons. The summed E-state index contributed by atoms with van der Waals surface area (Å²) in [6, 6.07) is 0. The molecule has 0 aromatic rings. The molecule has 16 heavy (non-hydrogen) atoms. The Morgan fingerprint density at radius 1 is 1.44 bits per heavy atom. The minimum absolute atomic E-state index is 0.181. The van der Waals surface area contributed by atoms with E-state index in [-0.39, 0.29) is 6.54 Å². The second-order valence-electron chi connectivity index (χ2n) is 3.24. The van der Waals surface area contributed by atoms with Crippen LogP contribution >= 0.6 is 0 Å². The molecule has 0 amide bonds. The van der Waals surface area contributed by atoms with Crippen molar-refractivity contribution in [2.24, 2.45) is 10.9 Å². The zero-order chi connectivity index (χ0) is 12.8. The summed E-state index contributed by atoms with van der Waals surface area (Å²) in [5.41, 5.74) is -2.26. The van der Waals surface area contributed by atoms with Gasteiger partial charge in [-0.2, -0.15) is 0 Å². The van der Waals surface area contributed by atoms with Crippen LogP contribution in [0, 0.1) is 5.92 Å². The molecule has 0 spiro atoms. The average molecular weight is 223 g/mol. The van der Waals surface area contributed by atoms with E-state index < -0.39 is 23.1 Å². The van der Waals surface area contributed by atoms with Crippen molar-refractivity contribution in [2.45, 2.75) is 12.5 Å². The number of carbonyl (C=O) groups is 2. The lowest BCUT2D eigenvalue weighted by atomic mass is 9.81. The van der Waals surface area contributed by atoms with E-state index in [4.69, 9.17) is 0 Å². The van der Waals surface area contributed by atoms with E-state index in [0.717, 1.165) is 12.2 Å². The summed E-state index contributed by atoms with van der Waals surface area (Å²) in [7, 11) is 0. The van der Waals surface area contributed by atoms with Crippen LogP contribution in [0.2, 0.25) is 0 Å². The van der Waals surface area contributed by atoms with Gasteiger partial charge in [-0.1, -0.05) is 20.1 Å². The number of hydrogen-bond acceptors (Lipinski definition) is 5. The van der Waals surface area contributed by atoms with Crippen LogP contribution < -0.4 is 0 Å². The molecular weight excluding hydrogens is 210 g/mol. The van der Waals surface area contributed by atoms with E-state index >= 15 is 0 Å². The Morgan fingerprint density at radius 3 is 2.19 bits per heavy atom. The van der Waals surface area contributed by atoms with Gasteiger partial charge >= 0.3 is 0 Å². The van der Waals surface area contributed by atoms with Crippen LogP contribution in [0.5, 0.6) is 0 Å². The lowest BCUT2D eigenvalue weighted by molar-refractivity contribution is -0.149. The smallest absolute Gasteiger partial charge is 0.234 e. The van der Waals surface area contributed by atoms with Crippen molar-refractivity contribution < 1.29 is 19.5 Å². The lowest BCUT2D eigenvalue weighted by Crippen LogP contribution is -2.51. The third kappa shape index (κ3) is 2.59.